The topological polar surface area (TPSA) is 90.0 Å². The van der Waals surface area contributed by atoms with Crippen LogP contribution < -0.4 is 16.6 Å². The van der Waals surface area contributed by atoms with Crippen LogP contribution in [0, 0.1) is 0 Å². The van der Waals surface area contributed by atoms with Gasteiger partial charge in [0.2, 0.25) is 5.91 Å². The summed E-state index contributed by atoms with van der Waals surface area (Å²) in [6, 6.07) is 5.97. The molecule has 0 aliphatic heterocycles. The Labute approximate surface area is 113 Å². The van der Waals surface area contributed by atoms with Gasteiger partial charge in [-0.05, 0) is 18.2 Å². The fourth-order valence-corrected chi connectivity index (χ4v) is 1.57. The van der Waals surface area contributed by atoms with Gasteiger partial charge in [0.1, 0.15) is 12.4 Å². The van der Waals surface area contributed by atoms with E-state index in [1.807, 2.05) is 0 Å². The minimum absolute atomic E-state index is 0.131. The highest BCUT2D eigenvalue weighted by Gasteiger charge is 2.06. The van der Waals surface area contributed by atoms with E-state index in [1.165, 1.54) is 29.1 Å². The Hall–Kier alpha value is -2.34. The predicted molar refractivity (Wildman–Crippen MR) is 73.0 cm³/mol. The number of carbonyl (C=O) groups is 1. The summed E-state index contributed by atoms with van der Waals surface area (Å²) in [5.41, 5.74) is 5.67. The number of nitrogen functional groups attached to an aromatic ring is 1. The minimum atomic E-state index is -0.373. The molecule has 0 bridgehead atoms. The number of pyridine rings is 2. The smallest absolute Gasteiger partial charge is 0.251 e. The fraction of sp³-hybridized carbons (Fsp3) is 0.0833. The van der Waals surface area contributed by atoms with Gasteiger partial charge in [-0.15, -0.1) is 0 Å². The van der Waals surface area contributed by atoms with Crippen molar-refractivity contribution in [1.82, 2.24) is 9.55 Å². The predicted octanol–water partition coefficient (Wildman–Crippen LogP) is 1.12. The van der Waals surface area contributed by atoms with Gasteiger partial charge in [-0.3, -0.25) is 9.59 Å². The molecule has 2 rings (SSSR count). The molecular formula is C12H11ClN4O2. The molecule has 2 aromatic heterocycles. The number of anilines is 2. The fourth-order valence-electron chi connectivity index (χ4n) is 1.46. The summed E-state index contributed by atoms with van der Waals surface area (Å²) >= 11 is 5.68. The van der Waals surface area contributed by atoms with Gasteiger partial charge in [-0.2, -0.15) is 0 Å². The molecule has 2 aromatic rings. The lowest BCUT2D eigenvalue weighted by atomic mass is 10.4. The van der Waals surface area contributed by atoms with E-state index in [4.69, 9.17) is 17.3 Å². The van der Waals surface area contributed by atoms with E-state index in [0.717, 1.165) is 0 Å². The van der Waals surface area contributed by atoms with E-state index in [1.54, 1.807) is 12.1 Å². The molecule has 19 heavy (non-hydrogen) atoms. The van der Waals surface area contributed by atoms with Crippen molar-refractivity contribution in [1.29, 1.82) is 0 Å². The van der Waals surface area contributed by atoms with Crippen LogP contribution in [-0.2, 0) is 11.3 Å². The van der Waals surface area contributed by atoms with Crippen LogP contribution in [0.2, 0.25) is 5.02 Å². The zero-order valence-corrected chi connectivity index (χ0v) is 10.6. The van der Waals surface area contributed by atoms with Crippen molar-refractivity contribution in [2.24, 2.45) is 0 Å². The first kappa shape index (κ1) is 13.1. The van der Waals surface area contributed by atoms with Crippen molar-refractivity contribution in [3.63, 3.8) is 0 Å². The number of nitrogens with one attached hydrogen (secondary N) is 1. The SMILES string of the molecule is Nc1ccc(=O)n(CC(=O)Nc2ccc(Cl)cn2)c1. The third-order valence-electron chi connectivity index (χ3n) is 2.32. The lowest BCUT2D eigenvalue weighted by molar-refractivity contribution is -0.116. The highest BCUT2D eigenvalue weighted by atomic mass is 35.5. The number of halogens is 1. The van der Waals surface area contributed by atoms with Gasteiger partial charge in [0.25, 0.3) is 5.56 Å². The number of nitrogens with two attached hydrogens (primary N) is 1. The van der Waals surface area contributed by atoms with Gasteiger partial charge in [0, 0.05) is 24.1 Å². The normalized spacial score (nSPS) is 10.2. The lowest BCUT2D eigenvalue weighted by Crippen LogP contribution is -2.27. The number of hydrogen-bond donors (Lipinski definition) is 2. The Morgan fingerprint density at radius 2 is 2.16 bits per heavy atom. The van der Waals surface area contributed by atoms with E-state index >= 15 is 0 Å². The van der Waals surface area contributed by atoms with E-state index < -0.39 is 0 Å². The molecular weight excluding hydrogens is 268 g/mol. The molecule has 0 aliphatic carbocycles. The Bertz CT molecular complexity index is 652. The molecule has 3 N–H and O–H groups in total. The molecule has 2 heterocycles. The molecule has 98 valence electrons. The van der Waals surface area contributed by atoms with E-state index in [9.17, 15) is 9.59 Å². The van der Waals surface area contributed by atoms with Crippen molar-refractivity contribution in [3.8, 4) is 0 Å². The van der Waals surface area contributed by atoms with Crippen molar-refractivity contribution in [3.05, 3.63) is 52.0 Å². The van der Waals surface area contributed by atoms with Crippen LogP contribution >= 0.6 is 11.6 Å². The zero-order chi connectivity index (χ0) is 13.8. The maximum absolute atomic E-state index is 11.7. The average Bonchev–Trinajstić information content (AvgIpc) is 2.37. The van der Waals surface area contributed by atoms with Crippen molar-refractivity contribution in [2.45, 2.75) is 6.54 Å². The number of hydrogen-bond acceptors (Lipinski definition) is 4. The number of rotatable bonds is 3. The number of amides is 1. The highest BCUT2D eigenvalue weighted by molar-refractivity contribution is 6.30. The molecule has 0 radical (unpaired) electrons. The van der Waals surface area contributed by atoms with Crippen molar-refractivity contribution in [2.75, 3.05) is 11.1 Å². The quantitative estimate of drug-likeness (QED) is 0.880. The second kappa shape index (κ2) is 5.53. The third-order valence-corrected chi connectivity index (χ3v) is 2.54. The van der Waals surface area contributed by atoms with Gasteiger partial charge in [0.05, 0.1) is 5.02 Å². The van der Waals surface area contributed by atoms with Crippen LogP contribution in [0.4, 0.5) is 11.5 Å². The third kappa shape index (κ3) is 3.56. The van der Waals surface area contributed by atoms with Crippen molar-refractivity contribution >= 4 is 29.0 Å². The number of carbonyl (C=O) groups excluding carboxylic acids is 1. The average molecular weight is 279 g/mol. The van der Waals surface area contributed by atoms with Crippen molar-refractivity contribution < 1.29 is 4.79 Å². The van der Waals surface area contributed by atoms with E-state index in [0.29, 0.717) is 16.5 Å². The molecule has 0 saturated heterocycles. The summed E-state index contributed by atoms with van der Waals surface area (Å²) in [5.74, 6) is -0.00567. The summed E-state index contributed by atoms with van der Waals surface area (Å²) in [6.07, 6.45) is 2.83. The summed E-state index contributed by atoms with van der Waals surface area (Å²) < 4.78 is 1.22. The van der Waals surface area contributed by atoms with E-state index in [2.05, 4.69) is 10.3 Å². The first-order valence-corrected chi connectivity index (χ1v) is 5.80. The lowest BCUT2D eigenvalue weighted by Gasteiger charge is -2.07. The molecule has 6 nitrogen and oxygen atoms in total. The Balaban J connectivity index is 2.07. The maximum atomic E-state index is 11.7. The standard InChI is InChI=1S/C12H11ClN4O2/c13-8-1-3-10(15-5-8)16-11(18)7-17-6-9(14)2-4-12(17)19/h1-6H,7,14H2,(H,15,16,18). The van der Waals surface area contributed by atoms with Crippen LogP contribution in [0.15, 0.2) is 41.5 Å². The van der Waals surface area contributed by atoms with Crippen LogP contribution in [0.3, 0.4) is 0 Å². The Kier molecular flexibility index (Phi) is 3.82. The largest absolute Gasteiger partial charge is 0.398 e. The molecule has 0 aliphatic rings. The molecule has 7 heteroatoms. The summed E-state index contributed by atoms with van der Waals surface area (Å²) in [6.45, 7) is -0.131. The maximum Gasteiger partial charge on any atom is 0.251 e. The Morgan fingerprint density at radius 1 is 1.37 bits per heavy atom. The Morgan fingerprint density at radius 3 is 2.84 bits per heavy atom. The van der Waals surface area contributed by atoms with Gasteiger partial charge in [-0.1, -0.05) is 11.6 Å². The molecule has 0 spiro atoms. The molecule has 0 aromatic carbocycles. The molecule has 1 amide bonds. The molecule has 0 unspecified atom stereocenters. The molecule has 0 fully saturated rings. The van der Waals surface area contributed by atoms with Crippen LogP contribution in [-0.4, -0.2) is 15.5 Å². The zero-order valence-electron chi connectivity index (χ0n) is 9.84. The summed E-state index contributed by atoms with van der Waals surface area (Å²) in [7, 11) is 0. The minimum Gasteiger partial charge on any atom is -0.398 e. The number of aromatic nitrogens is 2. The first-order chi connectivity index (χ1) is 9.04. The first-order valence-electron chi connectivity index (χ1n) is 5.42. The van der Waals surface area contributed by atoms with Crippen LogP contribution in [0.1, 0.15) is 0 Å². The van der Waals surface area contributed by atoms with E-state index in [-0.39, 0.29) is 18.0 Å². The highest BCUT2D eigenvalue weighted by Crippen LogP contribution is 2.09. The van der Waals surface area contributed by atoms with Gasteiger partial charge < -0.3 is 15.6 Å². The van der Waals surface area contributed by atoms with Crippen LogP contribution in [0.5, 0.6) is 0 Å². The number of nitrogens with zero attached hydrogens (tertiary/aromatic N) is 2. The summed E-state index contributed by atoms with van der Waals surface area (Å²) in [5, 5.41) is 3.03. The van der Waals surface area contributed by atoms with Gasteiger partial charge in [0.15, 0.2) is 0 Å². The summed E-state index contributed by atoms with van der Waals surface area (Å²) in [4.78, 5) is 27.2. The molecule has 0 saturated carbocycles. The van der Waals surface area contributed by atoms with Gasteiger partial charge >= 0.3 is 0 Å². The van der Waals surface area contributed by atoms with Gasteiger partial charge in [-0.25, -0.2) is 4.98 Å². The van der Waals surface area contributed by atoms with Crippen LogP contribution in [0.25, 0.3) is 0 Å². The molecule has 0 atom stereocenters. The monoisotopic (exact) mass is 278 g/mol. The second-order valence-corrected chi connectivity index (χ2v) is 4.27. The second-order valence-electron chi connectivity index (χ2n) is 3.84.